The van der Waals surface area contributed by atoms with Gasteiger partial charge in [0.2, 0.25) is 0 Å². The van der Waals surface area contributed by atoms with E-state index in [-0.39, 0.29) is 0 Å². The van der Waals surface area contributed by atoms with E-state index in [1.165, 1.54) is 0 Å². The van der Waals surface area contributed by atoms with E-state index in [9.17, 15) is 0 Å². The molecule has 3 rings (SSSR count). The first-order valence-electron chi connectivity index (χ1n) is 9.05. The van der Waals surface area contributed by atoms with Gasteiger partial charge in [0.15, 0.2) is 5.75 Å². The van der Waals surface area contributed by atoms with Gasteiger partial charge in [-0.3, -0.25) is 0 Å². The number of morpholine rings is 1. The maximum absolute atomic E-state index is 6.48. The highest BCUT2D eigenvalue weighted by Gasteiger charge is 2.14. The molecule has 0 amide bonds. The maximum Gasteiger partial charge on any atom is 0.156 e. The van der Waals surface area contributed by atoms with Gasteiger partial charge in [-0.1, -0.05) is 41.7 Å². The Hall–Kier alpha value is -1.33. The standard InChI is InChI=1S/C20H23Cl3N2O2/c1-2-7-27-20-17(22)10-14(11-18(20)23)13-24-15-3-4-19(16(21)12-15)25-5-8-26-9-6-25/h3-4,10-12,24H,2,5-9,13H2,1H3. The Morgan fingerprint density at radius 2 is 1.74 bits per heavy atom. The third-order valence-electron chi connectivity index (χ3n) is 4.30. The lowest BCUT2D eigenvalue weighted by atomic mass is 10.2. The van der Waals surface area contributed by atoms with E-state index in [2.05, 4.69) is 10.2 Å². The fourth-order valence-corrected chi connectivity index (χ4v) is 3.88. The van der Waals surface area contributed by atoms with E-state index >= 15 is 0 Å². The molecule has 0 spiro atoms. The zero-order valence-electron chi connectivity index (χ0n) is 15.2. The molecule has 0 radical (unpaired) electrons. The minimum absolute atomic E-state index is 0.522. The van der Waals surface area contributed by atoms with Crippen molar-refractivity contribution < 1.29 is 9.47 Å². The van der Waals surface area contributed by atoms with Crippen molar-refractivity contribution >= 4 is 46.2 Å². The molecule has 1 heterocycles. The summed E-state index contributed by atoms with van der Waals surface area (Å²) in [6.07, 6.45) is 0.900. The van der Waals surface area contributed by atoms with E-state index in [0.29, 0.717) is 28.9 Å². The van der Waals surface area contributed by atoms with Crippen molar-refractivity contribution in [3.8, 4) is 5.75 Å². The van der Waals surface area contributed by atoms with Gasteiger partial charge in [0.25, 0.3) is 0 Å². The largest absolute Gasteiger partial charge is 0.490 e. The average molecular weight is 430 g/mol. The monoisotopic (exact) mass is 428 g/mol. The highest BCUT2D eigenvalue weighted by molar-refractivity contribution is 6.37. The molecule has 0 saturated carbocycles. The summed E-state index contributed by atoms with van der Waals surface area (Å²) in [4.78, 5) is 2.24. The lowest BCUT2D eigenvalue weighted by Gasteiger charge is -2.29. The second kappa shape index (κ2) is 9.74. The molecule has 2 aromatic rings. The van der Waals surface area contributed by atoms with Crippen LogP contribution in [0.15, 0.2) is 30.3 Å². The molecule has 7 heteroatoms. The lowest BCUT2D eigenvalue weighted by Crippen LogP contribution is -2.36. The molecule has 1 fully saturated rings. The van der Waals surface area contributed by atoms with Gasteiger partial charge in [-0.05, 0) is 42.3 Å². The van der Waals surface area contributed by atoms with Crippen molar-refractivity contribution in [2.45, 2.75) is 19.9 Å². The number of nitrogens with one attached hydrogen (secondary N) is 1. The second-order valence-corrected chi connectivity index (χ2v) is 7.58. The van der Waals surface area contributed by atoms with Gasteiger partial charge in [0.1, 0.15) is 0 Å². The van der Waals surface area contributed by atoms with Crippen molar-refractivity contribution in [1.29, 1.82) is 0 Å². The molecule has 0 aliphatic carbocycles. The Labute approximate surface area is 175 Å². The van der Waals surface area contributed by atoms with Crippen LogP contribution in [0, 0.1) is 0 Å². The summed E-state index contributed by atoms with van der Waals surface area (Å²) in [5.41, 5.74) is 2.95. The quantitative estimate of drug-likeness (QED) is 0.595. The van der Waals surface area contributed by atoms with Crippen LogP contribution in [0.2, 0.25) is 15.1 Å². The molecule has 0 bridgehead atoms. The molecule has 27 heavy (non-hydrogen) atoms. The number of anilines is 2. The van der Waals surface area contributed by atoms with E-state index in [1.807, 2.05) is 37.3 Å². The molecule has 4 nitrogen and oxygen atoms in total. The van der Waals surface area contributed by atoms with Gasteiger partial charge in [-0.25, -0.2) is 0 Å². The van der Waals surface area contributed by atoms with Crippen LogP contribution in [-0.4, -0.2) is 32.9 Å². The van der Waals surface area contributed by atoms with Gasteiger partial charge in [0, 0.05) is 25.3 Å². The molecule has 0 aromatic heterocycles. The predicted molar refractivity (Wildman–Crippen MR) is 114 cm³/mol. The smallest absolute Gasteiger partial charge is 0.156 e. The molecule has 146 valence electrons. The van der Waals surface area contributed by atoms with Crippen molar-refractivity contribution in [2.24, 2.45) is 0 Å². The summed E-state index contributed by atoms with van der Waals surface area (Å²) in [5, 5.41) is 5.13. The highest BCUT2D eigenvalue weighted by Crippen LogP contribution is 2.35. The van der Waals surface area contributed by atoms with Crippen LogP contribution >= 0.6 is 34.8 Å². The molecule has 2 aromatic carbocycles. The van der Waals surface area contributed by atoms with E-state index in [4.69, 9.17) is 44.3 Å². The molecule has 1 aliphatic heterocycles. The normalized spacial score (nSPS) is 14.3. The second-order valence-electron chi connectivity index (χ2n) is 6.36. The molecule has 1 saturated heterocycles. The average Bonchev–Trinajstić information content (AvgIpc) is 2.66. The molecule has 1 aliphatic rings. The Bertz CT molecular complexity index is 757. The number of benzene rings is 2. The minimum Gasteiger partial charge on any atom is -0.490 e. The number of ether oxygens (including phenoxy) is 2. The van der Waals surface area contributed by atoms with Gasteiger partial charge in [0.05, 0.1) is 40.6 Å². The summed E-state index contributed by atoms with van der Waals surface area (Å²) >= 11 is 19.1. The van der Waals surface area contributed by atoms with E-state index in [1.54, 1.807) is 0 Å². The van der Waals surface area contributed by atoms with Crippen LogP contribution in [0.4, 0.5) is 11.4 Å². The van der Waals surface area contributed by atoms with E-state index < -0.39 is 0 Å². The molecule has 0 atom stereocenters. The van der Waals surface area contributed by atoms with Crippen molar-refractivity contribution in [3.63, 3.8) is 0 Å². The van der Waals surface area contributed by atoms with Crippen LogP contribution < -0.4 is 15.0 Å². The molecule has 0 unspecified atom stereocenters. The first-order valence-corrected chi connectivity index (χ1v) is 10.2. The Morgan fingerprint density at radius 3 is 2.37 bits per heavy atom. The number of rotatable bonds is 7. The molecule has 1 N–H and O–H groups in total. The Kier molecular flexibility index (Phi) is 7.36. The summed E-state index contributed by atoms with van der Waals surface area (Å²) in [7, 11) is 0. The fourth-order valence-electron chi connectivity index (χ4n) is 2.94. The van der Waals surface area contributed by atoms with Gasteiger partial charge in [-0.2, -0.15) is 0 Å². The van der Waals surface area contributed by atoms with Crippen LogP contribution in [0.1, 0.15) is 18.9 Å². The molecular formula is C20H23Cl3N2O2. The van der Waals surface area contributed by atoms with Crippen LogP contribution in [-0.2, 0) is 11.3 Å². The highest BCUT2D eigenvalue weighted by atomic mass is 35.5. The Morgan fingerprint density at radius 1 is 1.04 bits per heavy atom. The van der Waals surface area contributed by atoms with Crippen LogP contribution in [0.3, 0.4) is 0 Å². The van der Waals surface area contributed by atoms with Crippen LogP contribution in [0.5, 0.6) is 5.75 Å². The first-order chi connectivity index (χ1) is 13.1. The third-order valence-corrected chi connectivity index (χ3v) is 5.17. The number of nitrogens with zero attached hydrogens (tertiary/aromatic N) is 1. The van der Waals surface area contributed by atoms with Gasteiger partial charge < -0.3 is 19.7 Å². The number of hydrogen-bond acceptors (Lipinski definition) is 4. The predicted octanol–water partition coefficient (Wildman–Crippen LogP) is 5.88. The number of halogens is 3. The topological polar surface area (TPSA) is 33.7 Å². The number of hydrogen-bond donors (Lipinski definition) is 1. The van der Waals surface area contributed by atoms with Gasteiger partial charge in [-0.15, -0.1) is 0 Å². The van der Waals surface area contributed by atoms with Crippen LogP contribution in [0.25, 0.3) is 0 Å². The minimum atomic E-state index is 0.522. The van der Waals surface area contributed by atoms with Gasteiger partial charge >= 0.3 is 0 Å². The summed E-state index contributed by atoms with van der Waals surface area (Å²) < 4.78 is 11.0. The zero-order valence-corrected chi connectivity index (χ0v) is 17.5. The first kappa shape index (κ1) is 20.4. The summed E-state index contributed by atoms with van der Waals surface area (Å²) in [6, 6.07) is 9.74. The van der Waals surface area contributed by atoms with Crippen molar-refractivity contribution in [1.82, 2.24) is 0 Å². The van der Waals surface area contributed by atoms with Crippen molar-refractivity contribution in [2.75, 3.05) is 43.1 Å². The Balaban J connectivity index is 1.65. The fraction of sp³-hybridized carbons (Fsp3) is 0.400. The summed E-state index contributed by atoms with van der Waals surface area (Å²) in [5.74, 6) is 0.543. The maximum atomic E-state index is 6.48. The summed E-state index contributed by atoms with van der Waals surface area (Å²) in [6.45, 7) is 6.39. The molecular weight excluding hydrogens is 407 g/mol. The lowest BCUT2D eigenvalue weighted by molar-refractivity contribution is 0.122. The van der Waals surface area contributed by atoms with E-state index in [0.717, 1.165) is 54.7 Å². The SMILES string of the molecule is CCCOc1c(Cl)cc(CNc2ccc(N3CCOCC3)c(Cl)c2)cc1Cl. The van der Waals surface area contributed by atoms with Crippen molar-refractivity contribution in [3.05, 3.63) is 51.0 Å². The zero-order chi connectivity index (χ0) is 19.2. The third kappa shape index (κ3) is 5.35.